The number of benzene rings is 1. The fraction of sp³-hybridized carbons (Fsp3) is 0.375. The van der Waals surface area contributed by atoms with E-state index in [1.165, 1.54) is 24.3 Å². The van der Waals surface area contributed by atoms with E-state index in [2.05, 4.69) is 0 Å². The predicted octanol–water partition coefficient (Wildman–Crippen LogP) is 1.13. The molecule has 0 aromatic heterocycles. The van der Waals surface area contributed by atoms with Crippen LogP contribution in [0.4, 0.5) is 5.69 Å². The smallest absolute Gasteiger partial charge is 0.356 e. The highest BCUT2D eigenvalue weighted by Crippen LogP contribution is 2.36. The first kappa shape index (κ1) is 16.1. The second-order valence-electron chi connectivity index (χ2n) is 5.77. The number of β-lactam (4-membered cyclic amide) rings is 1. The number of likely N-dealkylation sites (tertiary alicyclic amines) is 1. The molecule has 3 unspecified atom stereocenters. The van der Waals surface area contributed by atoms with Crippen LogP contribution >= 0.6 is 0 Å². The van der Waals surface area contributed by atoms with E-state index in [1.54, 1.807) is 0 Å². The van der Waals surface area contributed by atoms with Crippen LogP contribution in [-0.4, -0.2) is 39.1 Å². The number of nitrogens with zero attached hydrogens (tertiary/aromatic N) is 2. The second kappa shape index (κ2) is 6.40. The van der Waals surface area contributed by atoms with Crippen LogP contribution in [-0.2, 0) is 20.9 Å². The molecule has 1 aromatic rings. The minimum atomic E-state index is -1.62. The number of aliphatic hydroxyl groups is 1. The molecule has 1 aromatic carbocycles. The Morgan fingerprint density at radius 2 is 2.00 bits per heavy atom. The zero-order valence-corrected chi connectivity index (χ0v) is 12.7. The van der Waals surface area contributed by atoms with Crippen molar-refractivity contribution in [3.8, 4) is 0 Å². The Morgan fingerprint density at radius 1 is 1.33 bits per heavy atom. The van der Waals surface area contributed by atoms with Crippen LogP contribution in [0.15, 0.2) is 36.4 Å². The maximum atomic E-state index is 12.0. The fourth-order valence-corrected chi connectivity index (χ4v) is 3.00. The summed E-state index contributed by atoms with van der Waals surface area (Å²) >= 11 is 0. The van der Waals surface area contributed by atoms with E-state index >= 15 is 0 Å². The fourth-order valence-electron chi connectivity index (χ4n) is 3.00. The summed E-state index contributed by atoms with van der Waals surface area (Å²) < 4.78 is 5.00. The predicted molar refractivity (Wildman–Crippen MR) is 81.4 cm³/mol. The zero-order chi connectivity index (χ0) is 17.3. The number of esters is 1. The quantitative estimate of drug-likeness (QED) is 0.285. The molecule has 1 N–H and O–H groups in total. The van der Waals surface area contributed by atoms with Crippen molar-refractivity contribution in [1.29, 1.82) is 0 Å². The number of ether oxygens (including phenoxy) is 1. The molecule has 1 aliphatic carbocycles. The van der Waals surface area contributed by atoms with E-state index in [0.717, 1.165) is 4.90 Å². The summed E-state index contributed by atoms with van der Waals surface area (Å²) in [6.07, 6.45) is 3.47. The van der Waals surface area contributed by atoms with Crippen LogP contribution in [0.3, 0.4) is 0 Å². The average Bonchev–Trinajstić information content (AvgIpc) is 2.59. The Bertz CT molecular complexity index is 699. The molecule has 1 amide bonds. The van der Waals surface area contributed by atoms with E-state index < -0.39 is 17.1 Å². The van der Waals surface area contributed by atoms with Crippen molar-refractivity contribution in [3.63, 3.8) is 0 Å². The maximum absolute atomic E-state index is 12.0. The summed E-state index contributed by atoms with van der Waals surface area (Å²) in [5, 5.41) is 20.6. The summed E-state index contributed by atoms with van der Waals surface area (Å²) in [6.45, 7) is -0.135. The van der Waals surface area contributed by atoms with Crippen molar-refractivity contribution < 1.29 is 24.4 Å². The van der Waals surface area contributed by atoms with Gasteiger partial charge in [0, 0.05) is 12.1 Å². The average molecular weight is 332 g/mol. The highest BCUT2D eigenvalue weighted by Gasteiger charge is 2.51. The third kappa shape index (κ3) is 2.88. The Hall–Kier alpha value is -2.74. The molecule has 3 atom stereocenters. The van der Waals surface area contributed by atoms with Crippen molar-refractivity contribution in [2.75, 3.05) is 0 Å². The van der Waals surface area contributed by atoms with Gasteiger partial charge in [0.05, 0.1) is 16.9 Å². The lowest BCUT2D eigenvalue weighted by Crippen LogP contribution is -2.66. The van der Waals surface area contributed by atoms with Gasteiger partial charge in [0.2, 0.25) is 12.1 Å². The van der Waals surface area contributed by atoms with Gasteiger partial charge in [0.15, 0.2) is 0 Å². The molecule has 0 spiro atoms. The van der Waals surface area contributed by atoms with Crippen molar-refractivity contribution in [3.05, 3.63) is 52.1 Å². The minimum Gasteiger partial charge on any atom is -0.457 e. The number of hydrogen-bond donors (Lipinski definition) is 1. The van der Waals surface area contributed by atoms with Gasteiger partial charge >= 0.3 is 5.97 Å². The topological polar surface area (TPSA) is 110 Å². The second-order valence-corrected chi connectivity index (χ2v) is 5.77. The van der Waals surface area contributed by atoms with Gasteiger partial charge in [-0.2, -0.15) is 0 Å². The molecule has 0 radical (unpaired) electrons. The van der Waals surface area contributed by atoms with E-state index in [9.17, 15) is 24.8 Å². The standard InChI is InChI=1S/C16H16N2O6/c19-14-12-3-1-2-4-13(12)17(14)15(20)16(21)24-9-10-5-7-11(8-6-10)18(22)23/h1-2,5-8,12-13,15,20H,3-4,9H2. The molecular formula is C16H16N2O6. The molecule has 2 aliphatic rings. The highest BCUT2D eigenvalue weighted by molar-refractivity contribution is 5.90. The van der Waals surface area contributed by atoms with Gasteiger partial charge in [0.25, 0.3) is 5.69 Å². The van der Waals surface area contributed by atoms with Gasteiger partial charge < -0.3 is 14.7 Å². The molecule has 1 heterocycles. The van der Waals surface area contributed by atoms with Gasteiger partial charge in [-0.15, -0.1) is 0 Å². The number of aliphatic hydroxyl groups excluding tert-OH is 1. The number of carbonyl (C=O) groups excluding carboxylic acids is 2. The molecule has 0 saturated carbocycles. The molecule has 8 nitrogen and oxygen atoms in total. The van der Waals surface area contributed by atoms with Crippen molar-refractivity contribution in [1.82, 2.24) is 4.90 Å². The number of rotatable bonds is 5. The summed E-state index contributed by atoms with van der Waals surface area (Å²) in [5.74, 6) is -1.31. The third-order valence-electron chi connectivity index (χ3n) is 4.33. The van der Waals surface area contributed by atoms with Gasteiger partial charge in [-0.3, -0.25) is 14.9 Å². The van der Waals surface area contributed by atoms with Crippen LogP contribution in [0.25, 0.3) is 0 Å². The first-order valence-electron chi connectivity index (χ1n) is 7.54. The number of carbonyl (C=O) groups is 2. The van der Waals surface area contributed by atoms with E-state index in [-0.39, 0.29) is 30.2 Å². The first-order chi connectivity index (χ1) is 11.5. The number of nitro groups is 1. The van der Waals surface area contributed by atoms with Crippen LogP contribution in [0.2, 0.25) is 0 Å². The van der Waals surface area contributed by atoms with Crippen LogP contribution in [0, 0.1) is 16.0 Å². The van der Waals surface area contributed by atoms with Crippen molar-refractivity contribution >= 4 is 17.6 Å². The molecule has 1 saturated heterocycles. The number of nitro benzene ring substituents is 1. The zero-order valence-electron chi connectivity index (χ0n) is 12.7. The first-order valence-corrected chi connectivity index (χ1v) is 7.54. The monoisotopic (exact) mass is 332 g/mol. The van der Waals surface area contributed by atoms with Gasteiger partial charge in [-0.05, 0) is 30.5 Å². The summed E-state index contributed by atoms with van der Waals surface area (Å²) in [4.78, 5) is 35.1. The van der Waals surface area contributed by atoms with Crippen LogP contribution in [0.1, 0.15) is 18.4 Å². The maximum Gasteiger partial charge on any atom is 0.356 e. The summed E-state index contributed by atoms with van der Waals surface area (Å²) in [7, 11) is 0. The van der Waals surface area contributed by atoms with E-state index in [0.29, 0.717) is 18.4 Å². The number of fused-ring (bicyclic) bond motifs is 1. The van der Waals surface area contributed by atoms with E-state index in [4.69, 9.17) is 4.74 Å². The normalized spacial score (nSPS) is 23.2. The Kier molecular flexibility index (Phi) is 4.30. The lowest BCUT2D eigenvalue weighted by molar-refractivity contribution is -0.384. The lowest BCUT2D eigenvalue weighted by Gasteiger charge is -2.49. The Balaban J connectivity index is 1.56. The third-order valence-corrected chi connectivity index (χ3v) is 4.33. The molecule has 1 fully saturated rings. The van der Waals surface area contributed by atoms with Gasteiger partial charge in [-0.1, -0.05) is 12.2 Å². The molecule has 3 rings (SSSR count). The molecular weight excluding hydrogens is 316 g/mol. The van der Waals surface area contributed by atoms with Gasteiger partial charge in [0.1, 0.15) is 6.61 Å². The Labute approximate surface area is 137 Å². The molecule has 24 heavy (non-hydrogen) atoms. The SMILES string of the molecule is O=C(OCc1ccc([N+](=O)[O-])cc1)C(O)N1C(=O)C2CC=CCC21. The highest BCUT2D eigenvalue weighted by atomic mass is 16.6. The number of hydrogen-bond acceptors (Lipinski definition) is 6. The Morgan fingerprint density at radius 3 is 2.67 bits per heavy atom. The van der Waals surface area contributed by atoms with Crippen molar-refractivity contribution in [2.45, 2.75) is 31.7 Å². The van der Waals surface area contributed by atoms with Crippen molar-refractivity contribution in [2.24, 2.45) is 5.92 Å². The molecule has 0 bridgehead atoms. The summed E-state index contributed by atoms with van der Waals surface area (Å²) in [5.41, 5.74) is 0.488. The number of non-ortho nitro benzene ring substituents is 1. The molecule has 126 valence electrons. The van der Waals surface area contributed by atoms with Crippen LogP contribution < -0.4 is 0 Å². The number of allylic oxidation sites excluding steroid dienone is 1. The molecule has 8 heteroatoms. The number of amides is 1. The lowest BCUT2D eigenvalue weighted by atomic mass is 9.79. The summed E-state index contributed by atoms with van der Waals surface area (Å²) in [6, 6.07) is 5.38. The van der Waals surface area contributed by atoms with Crippen LogP contribution in [0.5, 0.6) is 0 Å². The van der Waals surface area contributed by atoms with Gasteiger partial charge in [-0.25, -0.2) is 4.79 Å². The largest absolute Gasteiger partial charge is 0.457 e. The van der Waals surface area contributed by atoms with E-state index in [1.807, 2.05) is 12.2 Å². The molecule has 1 aliphatic heterocycles. The minimum absolute atomic E-state index is 0.0623.